The van der Waals surface area contributed by atoms with E-state index >= 15 is 0 Å². The summed E-state index contributed by atoms with van der Waals surface area (Å²) in [6.45, 7) is 4.13. The Labute approximate surface area is 114 Å². The number of hydrogen-bond donors (Lipinski definition) is 2. The van der Waals surface area contributed by atoms with Crippen LogP contribution < -0.4 is 11.3 Å². The normalized spacial score (nSPS) is 11.2. The third-order valence-corrected chi connectivity index (χ3v) is 4.29. The van der Waals surface area contributed by atoms with E-state index in [4.69, 9.17) is 5.84 Å². The van der Waals surface area contributed by atoms with Crippen molar-refractivity contribution in [3.63, 3.8) is 0 Å². The van der Waals surface area contributed by atoms with Crippen LogP contribution in [0.15, 0.2) is 12.4 Å². The molecule has 0 amide bonds. The molecule has 19 heavy (non-hydrogen) atoms. The van der Waals surface area contributed by atoms with Crippen molar-refractivity contribution in [3.05, 3.63) is 22.8 Å². The molecule has 0 unspecified atom stereocenters. The molecular weight excluding hydrogens is 260 g/mol. The van der Waals surface area contributed by atoms with E-state index in [2.05, 4.69) is 34.2 Å². The molecule has 3 N–H and O–H groups in total. The van der Waals surface area contributed by atoms with Crippen LogP contribution in [-0.2, 0) is 7.05 Å². The molecule has 0 radical (unpaired) electrons. The Morgan fingerprint density at radius 2 is 2.11 bits per heavy atom. The van der Waals surface area contributed by atoms with Crippen LogP contribution in [0.2, 0.25) is 0 Å². The average molecular weight is 274 g/mol. The van der Waals surface area contributed by atoms with E-state index in [-0.39, 0.29) is 0 Å². The molecular formula is C12H14N6S. The van der Waals surface area contributed by atoms with Crippen molar-refractivity contribution < 1.29 is 0 Å². The van der Waals surface area contributed by atoms with Gasteiger partial charge in [0.25, 0.3) is 0 Å². The summed E-state index contributed by atoms with van der Waals surface area (Å²) in [4.78, 5) is 15.5. The van der Waals surface area contributed by atoms with Crippen LogP contribution in [0.3, 0.4) is 0 Å². The van der Waals surface area contributed by atoms with Crippen LogP contribution >= 0.6 is 11.3 Å². The minimum atomic E-state index is 0.578. The minimum absolute atomic E-state index is 0.578. The first-order valence-corrected chi connectivity index (χ1v) is 6.65. The monoisotopic (exact) mass is 274 g/mol. The van der Waals surface area contributed by atoms with Gasteiger partial charge in [0.15, 0.2) is 17.5 Å². The number of aromatic nitrogens is 4. The van der Waals surface area contributed by atoms with E-state index in [0.717, 1.165) is 16.0 Å². The second-order valence-corrected chi connectivity index (χ2v) is 5.57. The van der Waals surface area contributed by atoms with Gasteiger partial charge < -0.3 is 9.99 Å². The molecule has 6 nitrogen and oxygen atoms in total. The van der Waals surface area contributed by atoms with Gasteiger partial charge in [-0.15, -0.1) is 11.3 Å². The Kier molecular flexibility index (Phi) is 2.72. The third-order valence-electron chi connectivity index (χ3n) is 3.19. The number of hydrogen-bond acceptors (Lipinski definition) is 6. The van der Waals surface area contributed by atoms with Crippen LogP contribution in [0.1, 0.15) is 10.4 Å². The smallest absolute Gasteiger partial charge is 0.199 e. The van der Waals surface area contributed by atoms with E-state index in [9.17, 15) is 0 Å². The Morgan fingerprint density at radius 1 is 1.32 bits per heavy atom. The third kappa shape index (κ3) is 1.78. The summed E-state index contributed by atoms with van der Waals surface area (Å²) in [5, 5.41) is 0.989. The highest BCUT2D eigenvalue weighted by Gasteiger charge is 2.16. The molecule has 0 saturated carbocycles. The van der Waals surface area contributed by atoms with Crippen molar-refractivity contribution >= 4 is 27.4 Å². The molecule has 0 atom stereocenters. The molecule has 0 aliphatic carbocycles. The van der Waals surface area contributed by atoms with Gasteiger partial charge in [0, 0.05) is 24.3 Å². The summed E-state index contributed by atoms with van der Waals surface area (Å²) in [6.07, 6.45) is 3.59. The van der Waals surface area contributed by atoms with E-state index in [1.54, 1.807) is 17.5 Å². The number of nitrogens with zero attached hydrogens (tertiary/aromatic N) is 4. The quantitative estimate of drug-likeness (QED) is 0.551. The maximum atomic E-state index is 5.59. The van der Waals surface area contributed by atoms with Crippen molar-refractivity contribution in [2.75, 3.05) is 5.43 Å². The lowest BCUT2D eigenvalue weighted by Crippen LogP contribution is -2.10. The van der Waals surface area contributed by atoms with E-state index < -0.39 is 0 Å². The number of nitrogens with two attached hydrogens (primary N) is 1. The fourth-order valence-electron chi connectivity index (χ4n) is 2.04. The number of imidazole rings is 1. The summed E-state index contributed by atoms with van der Waals surface area (Å²) < 4.78 is 1.88. The first-order valence-electron chi connectivity index (χ1n) is 5.84. The summed E-state index contributed by atoms with van der Waals surface area (Å²) in [7, 11) is 1.91. The topological polar surface area (TPSA) is 81.7 Å². The molecule has 0 saturated heterocycles. The SMILES string of the molecule is Cc1sc2nc(-c3nccn3C)nc(NN)c2c1C. The lowest BCUT2D eigenvalue weighted by molar-refractivity contribution is 0.909. The van der Waals surface area contributed by atoms with Crippen LogP contribution in [0.4, 0.5) is 5.82 Å². The molecule has 7 heteroatoms. The highest BCUT2D eigenvalue weighted by Crippen LogP contribution is 2.34. The van der Waals surface area contributed by atoms with Gasteiger partial charge in [0.05, 0.1) is 5.39 Å². The summed E-state index contributed by atoms with van der Waals surface area (Å²) >= 11 is 1.64. The van der Waals surface area contributed by atoms with Gasteiger partial charge in [-0.05, 0) is 19.4 Å². The molecule has 98 valence electrons. The highest BCUT2D eigenvalue weighted by atomic mass is 32.1. The lowest BCUT2D eigenvalue weighted by atomic mass is 10.2. The maximum absolute atomic E-state index is 5.59. The first kappa shape index (κ1) is 12.1. The van der Waals surface area contributed by atoms with Gasteiger partial charge in [0.1, 0.15) is 4.83 Å². The molecule has 0 bridgehead atoms. The van der Waals surface area contributed by atoms with Crippen molar-refractivity contribution in [2.24, 2.45) is 12.9 Å². The van der Waals surface area contributed by atoms with Crippen molar-refractivity contribution in [2.45, 2.75) is 13.8 Å². The molecule has 3 aromatic heterocycles. The van der Waals surface area contributed by atoms with E-state index in [0.29, 0.717) is 11.6 Å². The van der Waals surface area contributed by atoms with Gasteiger partial charge >= 0.3 is 0 Å². The van der Waals surface area contributed by atoms with Crippen LogP contribution in [-0.4, -0.2) is 19.5 Å². The number of fused-ring (bicyclic) bond motifs is 1. The Bertz CT molecular complexity index is 757. The molecule has 0 spiro atoms. The fraction of sp³-hybridized carbons (Fsp3) is 0.250. The van der Waals surface area contributed by atoms with Crippen molar-refractivity contribution in [3.8, 4) is 11.6 Å². The fourth-order valence-corrected chi connectivity index (χ4v) is 3.06. The number of hydrazine groups is 1. The van der Waals surface area contributed by atoms with Crippen molar-refractivity contribution in [1.29, 1.82) is 0 Å². The Morgan fingerprint density at radius 3 is 2.74 bits per heavy atom. The number of thiophene rings is 1. The maximum Gasteiger partial charge on any atom is 0.199 e. The molecule has 0 aliphatic heterocycles. The van der Waals surface area contributed by atoms with Crippen LogP contribution in [0, 0.1) is 13.8 Å². The number of rotatable bonds is 2. The predicted molar refractivity (Wildman–Crippen MR) is 76.9 cm³/mol. The molecule has 0 fully saturated rings. The highest BCUT2D eigenvalue weighted by molar-refractivity contribution is 7.18. The molecule has 0 aliphatic rings. The number of nitrogens with one attached hydrogen (secondary N) is 1. The molecule has 3 rings (SSSR count). The lowest BCUT2D eigenvalue weighted by Gasteiger charge is -2.06. The Hall–Kier alpha value is -1.99. The zero-order chi connectivity index (χ0) is 13.6. The van der Waals surface area contributed by atoms with Crippen molar-refractivity contribution in [1.82, 2.24) is 19.5 Å². The van der Waals surface area contributed by atoms with Crippen LogP contribution in [0.5, 0.6) is 0 Å². The Balaban J connectivity index is 2.32. The summed E-state index contributed by atoms with van der Waals surface area (Å²) in [5.41, 5.74) is 3.83. The second-order valence-electron chi connectivity index (χ2n) is 4.37. The van der Waals surface area contributed by atoms with Gasteiger partial charge in [-0.3, -0.25) is 0 Å². The predicted octanol–water partition coefficient (Wildman–Crippen LogP) is 1.99. The van der Waals surface area contributed by atoms with Gasteiger partial charge in [-0.25, -0.2) is 20.8 Å². The van der Waals surface area contributed by atoms with E-state index in [1.807, 2.05) is 17.8 Å². The standard InChI is InChI=1S/C12H14N6S/c1-6-7(2)19-12-8(6)9(17-13)15-10(16-12)11-14-4-5-18(11)3/h4-5H,13H2,1-3H3,(H,15,16,17). The zero-order valence-corrected chi connectivity index (χ0v) is 11.7. The van der Waals surface area contributed by atoms with E-state index in [1.165, 1.54) is 10.4 Å². The van der Waals surface area contributed by atoms with Crippen LogP contribution in [0.25, 0.3) is 21.9 Å². The van der Waals surface area contributed by atoms with Gasteiger partial charge in [-0.1, -0.05) is 0 Å². The van der Waals surface area contributed by atoms with Gasteiger partial charge in [-0.2, -0.15) is 0 Å². The first-order chi connectivity index (χ1) is 9.11. The average Bonchev–Trinajstić information content (AvgIpc) is 2.93. The zero-order valence-electron chi connectivity index (χ0n) is 10.9. The summed E-state index contributed by atoms with van der Waals surface area (Å²) in [6, 6.07) is 0. The molecule has 3 aromatic rings. The number of nitrogen functional groups attached to an aromatic ring is 1. The summed E-state index contributed by atoms with van der Waals surface area (Å²) in [5.74, 6) is 7.54. The largest absolute Gasteiger partial charge is 0.331 e. The minimum Gasteiger partial charge on any atom is -0.331 e. The second kappa shape index (κ2) is 4.29. The molecule has 3 heterocycles. The molecule has 0 aromatic carbocycles. The van der Waals surface area contributed by atoms with Gasteiger partial charge in [0.2, 0.25) is 0 Å². The number of anilines is 1. The number of aryl methyl sites for hydroxylation is 3.